The zero-order valence-corrected chi connectivity index (χ0v) is 15.5. The highest BCUT2D eigenvalue weighted by atomic mass is 16.6. The van der Waals surface area contributed by atoms with Crippen molar-refractivity contribution in [1.82, 2.24) is 4.90 Å². The second-order valence-corrected chi connectivity index (χ2v) is 8.14. The summed E-state index contributed by atoms with van der Waals surface area (Å²) in [5.41, 5.74) is -1.84. The van der Waals surface area contributed by atoms with Crippen molar-refractivity contribution < 1.29 is 13.8 Å². The predicted molar refractivity (Wildman–Crippen MR) is 97.5 cm³/mol. The van der Waals surface area contributed by atoms with Crippen LogP contribution in [-0.2, 0) is 5.41 Å². The Labute approximate surface area is 149 Å². The second-order valence-electron chi connectivity index (χ2n) is 8.14. The number of benzene rings is 1. The van der Waals surface area contributed by atoms with E-state index in [1.165, 1.54) is 23.1 Å². The first-order valence-electron chi connectivity index (χ1n) is 9.88. The summed E-state index contributed by atoms with van der Waals surface area (Å²) in [4.78, 5) is 25.8. The topological polar surface area (TPSA) is 63.5 Å². The molecule has 0 aliphatic rings. The van der Waals surface area contributed by atoms with Crippen LogP contribution in [0.4, 0.5) is 5.69 Å². The Hall–Kier alpha value is -1.91. The normalized spacial score (nSPS) is 14.5. The molecule has 0 saturated carbocycles. The molecule has 0 aliphatic heterocycles. The minimum atomic E-state index is -0.828. The van der Waals surface area contributed by atoms with Gasteiger partial charge >= 0.3 is 0 Å². The molecule has 0 aromatic heterocycles. The van der Waals surface area contributed by atoms with Crippen molar-refractivity contribution >= 4 is 11.6 Å². The van der Waals surface area contributed by atoms with Crippen LogP contribution < -0.4 is 0 Å². The van der Waals surface area contributed by atoms with Crippen LogP contribution in [-0.4, -0.2) is 26.8 Å². The third kappa shape index (κ3) is 4.34. The molecule has 0 heterocycles. The van der Waals surface area contributed by atoms with Crippen molar-refractivity contribution in [1.29, 1.82) is 0 Å². The van der Waals surface area contributed by atoms with Gasteiger partial charge in [0.05, 0.1) is 4.92 Å². The van der Waals surface area contributed by atoms with Crippen LogP contribution in [0.5, 0.6) is 0 Å². The highest BCUT2D eigenvalue weighted by Crippen LogP contribution is 2.34. The number of nitro groups is 1. The summed E-state index contributed by atoms with van der Waals surface area (Å²) in [5, 5.41) is 11.2. The molecule has 0 atom stereocenters. The highest BCUT2D eigenvalue weighted by Gasteiger charge is 2.38. The SMILES string of the molecule is [2H]CC(C)(C)c1cc([N+](=O)[O-])ccc1C(=O)N(C(C)(C)C[2H])C(C)(C)C[2H]. The Morgan fingerprint density at radius 3 is 2.04 bits per heavy atom. The third-order valence-electron chi connectivity index (χ3n) is 3.59. The molecule has 0 N–H and O–H groups in total. The lowest BCUT2D eigenvalue weighted by Crippen LogP contribution is -2.56. The molecule has 0 aliphatic carbocycles. The number of carbonyl (C=O) groups is 1. The Bertz CT molecular complexity index is 702. The summed E-state index contributed by atoms with van der Waals surface area (Å²) in [6.45, 7) is 10.5. The summed E-state index contributed by atoms with van der Waals surface area (Å²) < 4.78 is 23.6. The zero-order chi connectivity index (χ0) is 21.2. The van der Waals surface area contributed by atoms with E-state index in [9.17, 15) is 14.9 Å². The molecule has 1 amide bonds. The monoisotopic (exact) mass is 337 g/mol. The van der Waals surface area contributed by atoms with Crippen molar-refractivity contribution in [3.05, 3.63) is 39.4 Å². The van der Waals surface area contributed by atoms with E-state index in [1.807, 2.05) is 0 Å². The fourth-order valence-electron chi connectivity index (χ4n) is 2.88. The summed E-state index contributed by atoms with van der Waals surface area (Å²) >= 11 is 0. The average Bonchev–Trinajstić information content (AvgIpc) is 2.60. The largest absolute Gasteiger partial charge is 0.329 e. The van der Waals surface area contributed by atoms with E-state index in [4.69, 9.17) is 4.11 Å². The Morgan fingerprint density at radius 1 is 1.08 bits per heavy atom. The zero-order valence-electron chi connectivity index (χ0n) is 18.5. The second kappa shape index (κ2) is 6.19. The molecule has 0 unspecified atom stereocenters. The fraction of sp³-hybridized carbons (Fsp3) is 0.632. The molecule has 0 radical (unpaired) electrons. The molecule has 1 aromatic carbocycles. The minimum Gasteiger partial charge on any atom is -0.329 e. The third-order valence-corrected chi connectivity index (χ3v) is 3.59. The summed E-state index contributed by atoms with van der Waals surface area (Å²) in [7, 11) is 0. The molecule has 0 bridgehead atoms. The Kier molecular flexibility index (Phi) is 4.02. The van der Waals surface area contributed by atoms with Crippen LogP contribution >= 0.6 is 0 Å². The standard InChI is InChI=1S/C19H30N2O3/c1-17(2,3)15-12-13(21(23)24)10-11-14(15)16(22)20(18(4,5)6)19(7,8)9/h10-12H,1-9H3/i1D,4D,7D. The molecule has 0 fully saturated rings. The molecule has 1 rings (SSSR count). The Morgan fingerprint density at radius 2 is 1.62 bits per heavy atom. The summed E-state index contributed by atoms with van der Waals surface area (Å²) in [6.07, 6.45) is 0. The fourth-order valence-corrected chi connectivity index (χ4v) is 2.88. The molecule has 0 saturated heterocycles. The summed E-state index contributed by atoms with van der Waals surface area (Å²) in [6, 6.07) is 4.08. The molecular weight excluding hydrogens is 304 g/mol. The predicted octanol–water partition coefficient (Wildman–Crippen LogP) is 4.93. The number of hydrogen-bond acceptors (Lipinski definition) is 3. The van der Waals surface area contributed by atoms with Gasteiger partial charge in [0.25, 0.3) is 11.6 Å². The van der Waals surface area contributed by atoms with Crippen molar-refractivity contribution in [3.63, 3.8) is 0 Å². The van der Waals surface area contributed by atoms with Crippen LogP contribution in [0.25, 0.3) is 0 Å². The molecule has 5 nitrogen and oxygen atoms in total. The van der Waals surface area contributed by atoms with Crippen LogP contribution in [0, 0.1) is 10.1 Å². The molecule has 0 spiro atoms. The van der Waals surface area contributed by atoms with Gasteiger partial charge in [0, 0.05) is 32.9 Å². The highest BCUT2D eigenvalue weighted by molar-refractivity contribution is 5.97. The number of nitro benzene ring substituents is 1. The van der Waals surface area contributed by atoms with E-state index in [-0.39, 0.29) is 37.9 Å². The summed E-state index contributed by atoms with van der Waals surface area (Å²) in [5.74, 6) is -0.379. The van der Waals surface area contributed by atoms with Crippen LogP contribution in [0.15, 0.2) is 18.2 Å². The van der Waals surface area contributed by atoms with E-state index in [0.29, 0.717) is 5.56 Å². The van der Waals surface area contributed by atoms with Crippen molar-refractivity contribution in [2.45, 2.75) is 78.7 Å². The van der Waals surface area contributed by atoms with E-state index < -0.39 is 21.4 Å². The number of hydrogen-bond donors (Lipinski definition) is 0. The molecule has 1 aromatic rings. The van der Waals surface area contributed by atoms with E-state index in [1.54, 1.807) is 41.5 Å². The minimum absolute atomic E-state index is 0.0435. The van der Waals surface area contributed by atoms with Gasteiger partial charge in [-0.3, -0.25) is 14.9 Å². The number of non-ortho nitro benzene ring substituents is 1. The maximum atomic E-state index is 13.5. The van der Waals surface area contributed by atoms with E-state index in [0.717, 1.165) is 0 Å². The van der Waals surface area contributed by atoms with Gasteiger partial charge in [-0.2, -0.15) is 0 Å². The number of rotatable bonds is 2. The van der Waals surface area contributed by atoms with E-state index in [2.05, 4.69) is 0 Å². The van der Waals surface area contributed by atoms with Gasteiger partial charge in [0.1, 0.15) is 0 Å². The first-order chi connectivity index (χ1) is 12.2. The van der Waals surface area contributed by atoms with Gasteiger partial charge in [-0.05, 0) is 58.5 Å². The van der Waals surface area contributed by atoms with Crippen molar-refractivity contribution in [2.24, 2.45) is 0 Å². The average molecular weight is 337 g/mol. The van der Waals surface area contributed by atoms with E-state index >= 15 is 0 Å². The molecule has 24 heavy (non-hydrogen) atoms. The Balaban J connectivity index is 3.70. The smallest absolute Gasteiger partial charge is 0.269 e. The first kappa shape index (κ1) is 15.6. The van der Waals surface area contributed by atoms with Crippen molar-refractivity contribution in [2.75, 3.05) is 0 Å². The lowest BCUT2D eigenvalue weighted by molar-refractivity contribution is -0.385. The molecule has 5 heteroatoms. The van der Waals surface area contributed by atoms with Gasteiger partial charge in [-0.1, -0.05) is 20.7 Å². The maximum absolute atomic E-state index is 13.5. The van der Waals surface area contributed by atoms with Gasteiger partial charge in [-0.15, -0.1) is 0 Å². The van der Waals surface area contributed by atoms with Gasteiger partial charge in [0.15, 0.2) is 0 Å². The number of nitrogens with zero attached hydrogens (tertiary/aromatic N) is 2. The maximum Gasteiger partial charge on any atom is 0.269 e. The van der Waals surface area contributed by atoms with Crippen LogP contribution in [0.3, 0.4) is 0 Å². The van der Waals surface area contributed by atoms with Gasteiger partial charge < -0.3 is 4.90 Å². The molecule has 134 valence electrons. The van der Waals surface area contributed by atoms with Gasteiger partial charge in [0.2, 0.25) is 0 Å². The van der Waals surface area contributed by atoms with Gasteiger partial charge in [-0.25, -0.2) is 0 Å². The first-order valence-corrected chi connectivity index (χ1v) is 7.76. The lowest BCUT2D eigenvalue weighted by atomic mass is 9.82. The quantitative estimate of drug-likeness (QED) is 0.567. The van der Waals surface area contributed by atoms with Crippen molar-refractivity contribution in [3.8, 4) is 0 Å². The number of carbonyl (C=O) groups excluding carboxylic acids is 1. The van der Waals surface area contributed by atoms with Crippen LogP contribution in [0.2, 0.25) is 0 Å². The van der Waals surface area contributed by atoms with Crippen LogP contribution in [0.1, 0.15) is 82.3 Å². The number of amides is 1. The molecular formula is C19H30N2O3. The lowest BCUT2D eigenvalue weighted by Gasteiger charge is -2.46.